The summed E-state index contributed by atoms with van der Waals surface area (Å²) in [7, 11) is -3.12. The van der Waals surface area contributed by atoms with Gasteiger partial charge in [-0.25, -0.2) is 13.4 Å². The van der Waals surface area contributed by atoms with Crippen LogP contribution in [0, 0.1) is 0 Å². The van der Waals surface area contributed by atoms with E-state index < -0.39 is 15.8 Å². The zero-order chi connectivity index (χ0) is 14.0. The van der Waals surface area contributed by atoms with E-state index in [4.69, 9.17) is 5.11 Å². The first-order valence-electron chi connectivity index (χ1n) is 6.32. The first-order valence-corrected chi connectivity index (χ1v) is 8.95. The number of hydrogen-bond acceptors (Lipinski definition) is 5. The number of thiazole rings is 1. The minimum Gasteiger partial charge on any atom is -0.481 e. The molecule has 0 atom stereocenters. The molecule has 0 spiro atoms. The predicted molar refractivity (Wildman–Crippen MR) is 73.2 cm³/mol. The molecule has 0 bridgehead atoms. The molecule has 1 aliphatic rings. The standard InChI is InChI=1S/C12H17NO4S2/c1-2-5-19(16,17)7-10-13-12(8-3-4-8)9(18-10)6-11(14)15/h8H,2-7H2,1H3,(H,14,15). The molecule has 1 N–H and O–H groups in total. The maximum atomic E-state index is 11.8. The summed E-state index contributed by atoms with van der Waals surface area (Å²) < 4.78 is 23.6. The maximum Gasteiger partial charge on any atom is 0.308 e. The van der Waals surface area contributed by atoms with Crippen LogP contribution in [0.4, 0.5) is 0 Å². The molecule has 0 aromatic carbocycles. The van der Waals surface area contributed by atoms with Gasteiger partial charge in [-0.1, -0.05) is 6.92 Å². The molecule has 0 unspecified atom stereocenters. The molecule has 1 aromatic heterocycles. The van der Waals surface area contributed by atoms with E-state index in [2.05, 4.69) is 4.98 Å². The third kappa shape index (κ3) is 4.01. The number of aliphatic carboxylic acids is 1. The lowest BCUT2D eigenvalue weighted by Gasteiger charge is -1.98. The van der Waals surface area contributed by atoms with Gasteiger partial charge in [-0.15, -0.1) is 11.3 Å². The number of carboxylic acid groups (broad SMARTS) is 1. The number of aromatic nitrogens is 1. The Hall–Kier alpha value is -0.950. The molecule has 1 fully saturated rings. The van der Waals surface area contributed by atoms with Crippen molar-refractivity contribution in [1.29, 1.82) is 0 Å². The molecule has 0 amide bonds. The Morgan fingerprint density at radius 3 is 2.68 bits per heavy atom. The van der Waals surface area contributed by atoms with Crippen LogP contribution >= 0.6 is 11.3 Å². The molecule has 19 heavy (non-hydrogen) atoms. The Labute approximate surface area is 116 Å². The highest BCUT2D eigenvalue weighted by molar-refractivity contribution is 7.90. The van der Waals surface area contributed by atoms with Gasteiger partial charge in [-0.05, 0) is 19.3 Å². The zero-order valence-corrected chi connectivity index (χ0v) is 12.4. The summed E-state index contributed by atoms with van der Waals surface area (Å²) in [6.07, 6.45) is 2.58. The molecule has 0 saturated heterocycles. The summed E-state index contributed by atoms with van der Waals surface area (Å²) in [4.78, 5) is 15.9. The van der Waals surface area contributed by atoms with E-state index >= 15 is 0 Å². The smallest absolute Gasteiger partial charge is 0.308 e. The molecular formula is C12H17NO4S2. The van der Waals surface area contributed by atoms with Crippen molar-refractivity contribution in [2.75, 3.05) is 5.75 Å². The average Bonchev–Trinajstić information content (AvgIpc) is 3.02. The molecule has 2 rings (SSSR count). The van der Waals surface area contributed by atoms with Gasteiger partial charge in [-0.2, -0.15) is 0 Å². The summed E-state index contributed by atoms with van der Waals surface area (Å²) >= 11 is 1.24. The van der Waals surface area contributed by atoms with Crippen molar-refractivity contribution in [2.24, 2.45) is 0 Å². The van der Waals surface area contributed by atoms with Gasteiger partial charge in [-0.3, -0.25) is 4.79 Å². The van der Waals surface area contributed by atoms with Crippen LogP contribution in [0.2, 0.25) is 0 Å². The van der Waals surface area contributed by atoms with Gasteiger partial charge in [0.2, 0.25) is 0 Å². The second-order valence-corrected chi connectivity index (χ2v) is 8.21. The normalized spacial score (nSPS) is 15.6. The van der Waals surface area contributed by atoms with Gasteiger partial charge < -0.3 is 5.11 Å². The van der Waals surface area contributed by atoms with Crippen LogP contribution in [0.25, 0.3) is 0 Å². The van der Waals surface area contributed by atoms with Crippen molar-refractivity contribution < 1.29 is 18.3 Å². The quantitative estimate of drug-likeness (QED) is 0.832. The minimum absolute atomic E-state index is 0.0582. The summed E-state index contributed by atoms with van der Waals surface area (Å²) in [6.45, 7) is 1.82. The fourth-order valence-corrected chi connectivity index (χ4v) is 4.91. The Morgan fingerprint density at radius 2 is 2.16 bits per heavy atom. The molecule has 106 valence electrons. The monoisotopic (exact) mass is 303 g/mol. The summed E-state index contributed by atoms with van der Waals surface area (Å²) in [5, 5.41) is 9.41. The number of rotatable bonds is 7. The van der Waals surface area contributed by atoms with Crippen molar-refractivity contribution in [1.82, 2.24) is 4.98 Å². The van der Waals surface area contributed by atoms with Gasteiger partial charge in [0.05, 0.1) is 17.9 Å². The maximum absolute atomic E-state index is 11.8. The second-order valence-electron chi connectivity index (χ2n) is 4.85. The van der Waals surface area contributed by atoms with Crippen LogP contribution in [0.1, 0.15) is 47.7 Å². The lowest BCUT2D eigenvalue weighted by Crippen LogP contribution is -2.08. The molecule has 0 radical (unpaired) electrons. The molecule has 5 nitrogen and oxygen atoms in total. The van der Waals surface area contributed by atoms with Gasteiger partial charge in [0.1, 0.15) is 10.8 Å². The van der Waals surface area contributed by atoms with Crippen molar-refractivity contribution in [3.8, 4) is 0 Å². The highest BCUT2D eigenvalue weighted by Crippen LogP contribution is 2.43. The number of sulfone groups is 1. The number of carbonyl (C=O) groups is 1. The van der Waals surface area contributed by atoms with Crippen molar-refractivity contribution in [3.05, 3.63) is 15.6 Å². The van der Waals surface area contributed by atoms with E-state index in [1.807, 2.05) is 6.92 Å². The average molecular weight is 303 g/mol. The van der Waals surface area contributed by atoms with E-state index in [9.17, 15) is 13.2 Å². The zero-order valence-electron chi connectivity index (χ0n) is 10.8. The van der Waals surface area contributed by atoms with Crippen LogP contribution < -0.4 is 0 Å². The molecule has 1 aromatic rings. The van der Waals surface area contributed by atoms with E-state index in [0.29, 0.717) is 17.3 Å². The lowest BCUT2D eigenvalue weighted by molar-refractivity contribution is -0.136. The molecule has 1 heterocycles. The Bertz CT molecular complexity index is 573. The van der Waals surface area contributed by atoms with Crippen LogP contribution in [-0.4, -0.2) is 30.2 Å². The topological polar surface area (TPSA) is 84.3 Å². The molecule has 7 heteroatoms. The molecule has 0 aliphatic heterocycles. The van der Waals surface area contributed by atoms with Crippen LogP contribution in [0.5, 0.6) is 0 Å². The summed E-state index contributed by atoms with van der Waals surface area (Å²) in [6, 6.07) is 0. The molecular weight excluding hydrogens is 286 g/mol. The van der Waals surface area contributed by atoms with Crippen molar-refractivity contribution >= 4 is 27.1 Å². The fraction of sp³-hybridized carbons (Fsp3) is 0.667. The van der Waals surface area contributed by atoms with E-state index in [1.165, 1.54) is 11.3 Å². The highest BCUT2D eigenvalue weighted by atomic mass is 32.2. The third-order valence-corrected chi connectivity index (χ3v) is 5.90. The van der Waals surface area contributed by atoms with Gasteiger partial charge in [0.15, 0.2) is 9.84 Å². The van der Waals surface area contributed by atoms with E-state index in [-0.39, 0.29) is 17.9 Å². The van der Waals surface area contributed by atoms with E-state index in [1.54, 1.807) is 0 Å². The highest BCUT2D eigenvalue weighted by Gasteiger charge is 2.30. The Kier molecular flexibility index (Phi) is 4.25. The predicted octanol–water partition coefficient (Wildman–Crippen LogP) is 1.97. The summed E-state index contributed by atoms with van der Waals surface area (Å²) in [5.41, 5.74) is 0.814. The first kappa shape index (κ1) is 14.5. The van der Waals surface area contributed by atoms with Gasteiger partial charge in [0.25, 0.3) is 0 Å². The van der Waals surface area contributed by atoms with Gasteiger partial charge in [0, 0.05) is 10.8 Å². The van der Waals surface area contributed by atoms with Crippen LogP contribution in [-0.2, 0) is 26.8 Å². The van der Waals surface area contributed by atoms with E-state index in [0.717, 1.165) is 23.4 Å². The second kappa shape index (κ2) is 5.58. The van der Waals surface area contributed by atoms with Gasteiger partial charge >= 0.3 is 5.97 Å². The number of carboxylic acids is 1. The third-order valence-electron chi connectivity index (χ3n) is 2.91. The first-order chi connectivity index (χ1) is 8.91. The van der Waals surface area contributed by atoms with Crippen LogP contribution in [0.3, 0.4) is 0 Å². The van der Waals surface area contributed by atoms with Crippen LogP contribution in [0.15, 0.2) is 0 Å². The largest absolute Gasteiger partial charge is 0.481 e. The lowest BCUT2D eigenvalue weighted by atomic mass is 10.2. The molecule has 1 saturated carbocycles. The van der Waals surface area contributed by atoms with Crippen molar-refractivity contribution in [3.63, 3.8) is 0 Å². The minimum atomic E-state index is -3.12. The van der Waals surface area contributed by atoms with Crippen molar-refractivity contribution in [2.45, 2.75) is 44.3 Å². The Morgan fingerprint density at radius 1 is 1.47 bits per heavy atom. The molecule has 1 aliphatic carbocycles. The SMILES string of the molecule is CCCS(=O)(=O)Cc1nc(C2CC2)c(CC(=O)O)s1. The number of nitrogens with zero attached hydrogens (tertiary/aromatic N) is 1. The number of hydrogen-bond donors (Lipinski definition) is 1. The summed E-state index contributed by atoms with van der Waals surface area (Å²) in [5.74, 6) is -0.466. The Balaban J connectivity index is 2.20. The fourth-order valence-electron chi connectivity index (χ4n) is 1.99.